The van der Waals surface area contributed by atoms with Crippen LogP contribution in [-0.2, 0) is 16.0 Å². The van der Waals surface area contributed by atoms with E-state index >= 15 is 0 Å². The fourth-order valence-electron chi connectivity index (χ4n) is 4.03. The minimum absolute atomic E-state index is 0.161. The summed E-state index contributed by atoms with van der Waals surface area (Å²) in [4.78, 5) is 37.7. The molecule has 0 saturated carbocycles. The molecule has 3 amide bonds. The molecule has 0 saturated heterocycles. The summed E-state index contributed by atoms with van der Waals surface area (Å²) in [6, 6.07) is 18.4. The molecule has 5 rings (SSSR count). The van der Waals surface area contributed by atoms with E-state index in [4.69, 9.17) is 14.7 Å². The van der Waals surface area contributed by atoms with Crippen molar-refractivity contribution in [1.82, 2.24) is 10.8 Å². The van der Waals surface area contributed by atoms with Gasteiger partial charge in [0.15, 0.2) is 11.5 Å². The van der Waals surface area contributed by atoms with Crippen LogP contribution in [0.1, 0.15) is 21.5 Å². The number of carbonyl (C=O) groups is 3. The molecule has 2 heterocycles. The maximum atomic E-state index is 13.3. The van der Waals surface area contributed by atoms with Crippen molar-refractivity contribution in [3.05, 3.63) is 94.9 Å². The SMILES string of the molecule is O=C(/C=C/c1ccc2c(c1)OCO2)NC(Cc1csc2ccccc12)C(=O)Nc1ccc(C(=O)NO)cc1. The first-order valence-corrected chi connectivity index (χ1v) is 12.6. The molecule has 9 nitrogen and oxygen atoms in total. The van der Waals surface area contributed by atoms with Crippen LogP contribution in [0.5, 0.6) is 11.5 Å². The number of nitrogens with one attached hydrogen (secondary N) is 3. The van der Waals surface area contributed by atoms with Crippen molar-refractivity contribution in [3.8, 4) is 11.5 Å². The zero-order valence-electron chi connectivity index (χ0n) is 20.0. The number of fused-ring (bicyclic) bond motifs is 2. The summed E-state index contributed by atoms with van der Waals surface area (Å²) >= 11 is 1.58. The lowest BCUT2D eigenvalue weighted by atomic mass is 10.0. The Bertz CT molecular complexity index is 1530. The normalized spacial score (nSPS) is 12.9. The average Bonchev–Trinajstić information content (AvgIpc) is 3.58. The summed E-state index contributed by atoms with van der Waals surface area (Å²) in [6.07, 6.45) is 3.29. The predicted molar refractivity (Wildman–Crippen MR) is 143 cm³/mol. The van der Waals surface area contributed by atoms with Crippen molar-refractivity contribution in [3.63, 3.8) is 0 Å². The molecule has 0 fully saturated rings. The Morgan fingerprint density at radius 3 is 2.61 bits per heavy atom. The Kier molecular flexibility index (Phi) is 7.34. The summed E-state index contributed by atoms with van der Waals surface area (Å²) in [7, 11) is 0. The number of amides is 3. The Morgan fingerprint density at radius 1 is 1.00 bits per heavy atom. The number of benzene rings is 3. The van der Waals surface area contributed by atoms with Crippen molar-refractivity contribution in [1.29, 1.82) is 0 Å². The van der Waals surface area contributed by atoms with Crippen molar-refractivity contribution in [2.75, 3.05) is 12.1 Å². The van der Waals surface area contributed by atoms with Gasteiger partial charge in [0, 0.05) is 28.4 Å². The number of carbonyl (C=O) groups excluding carboxylic acids is 3. The van der Waals surface area contributed by atoms with Crippen molar-refractivity contribution in [2.45, 2.75) is 12.5 Å². The second-order valence-electron chi connectivity index (χ2n) is 8.48. The molecule has 1 aliphatic rings. The lowest BCUT2D eigenvalue weighted by Crippen LogP contribution is -2.44. The van der Waals surface area contributed by atoms with Crippen LogP contribution in [0.4, 0.5) is 5.69 Å². The molecule has 1 aromatic heterocycles. The van der Waals surface area contributed by atoms with Gasteiger partial charge in [0.25, 0.3) is 5.91 Å². The number of hydrogen-bond donors (Lipinski definition) is 4. The first-order valence-electron chi connectivity index (χ1n) is 11.7. The maximum absolute atomic E-state index is 13.3. The van der Waals surface area contributed by atoms with Gasteiger partial charge in [0.05, 0.1) is 0 Å². The van der Waals surface area contributed by atoms with Crippen molar-refractivity contribution in [2.24, 2.45) is 0 Å². The van der Waals surface area contributed by atoms with E-state index in [1.54, 1.807) is 53.2 Å². The third-order valence-corrected chi connectivity index (χ3v) is 6.97. The highest BCUT2D eigenvalue weighted by atomic mass is 32.1. The van der Waals surface area contributed by atoms with Crippen LogP contribution in [0.25, 0.3) is 16.2 Å². The Hall–Kier alpha value is -4.67. The van der Waals surface area contributed by atoms with E-state index in [2.05, 4.69) is 10.6 Å². The van der Waals surface area contributed by atoms with Gasteiger partial charge in [-0.1, -0.05) is 24.3 Å². The van der Waals surface area contributed by atoms with Gasteiger partial charge in [-0.05, 0) is 70.4 Å². The largest absolute Gasteiger partial charge is 0.454 e. The van der Waals surface area contributed by atoms with Crippen LogP contribution in [0, 0.1) is 0 Å². The molecule has 4 aromatic rings. The topological polar surface area (TPSA) is 126 Å². The number of ether oxygens (including phenoxy) is 2. The molecule has 4 N–H and O–H groups in total. The van der Waals surface area contributed by atoms with Crippen LogP contribution in [0.2, 0.25) is 0 Å². The Labute approximate surface area is 221 Å². The van der Waals surface area contributed by atoms with Crippen LogP contribution >= 0.6 is 11.3 Å². The standard InChI is InChI=1S/C28H23N3O6S/c32-26(12-6-17-5-11-23-24(13-17)37-16-36-23)30-22(14-19-15-38-25-4-2-1-3-21(19)25)28(34)29-20-9-7-18(8-10-20)27(33)31-35/h1-13,15,22,35H,14,16H2,(H,29,34)(H,30,32)(H,31,33)/b12-6+. The minimum Gasteiger partial charge on any atom is -0.454 e. The molecule has 1 unspecified atom stereocenters. The van der Waals surface area contributed by atoms with Gasteiger partial charge in [0.1, 0.15) is 6.04 Å². The number of anilines is 1. The average molecular weight is 530 g/mol. The van der Waals surface area contributed by atoms with E-state index in [0.29, 0.717) is 17.2 Å². The van der Waals surface area contributed by atoms with Crippen LogP contribution in [0.15, 0.2) is 78.2 Å². The van der Waals surface area contributed by atoms with E-state index in [0.717, 1.165) is 21.2 Å². The summed E-state index contributed by atoms with van der Waals surface area (Å²) in [5.74, 6) is -0.249. The number of hydrogen-bond acceptors (Lipinski definition) is 7. The van der Waals surface area contributed by atoms with E-state index in [9.17, 15) is 14.4 Å². The smallest absolute Gasteiger partial charge is 0.274 e. The second kappa shape index (κ2) is 11.2. The first-order chi connectivity index (χ1) is 18.5. The third kappa shape index (κ3) is 5.66. The molecule has 0 spiro atoms. The van der Waals surface area contributed by atoms with Crippen molar-refractivity contribution < 1.29 is 29.1 Å². The number of hydroxylamine groups is 1. The summed E-state index contributed by atoms with van der Waals surface area (Å²) in [5, 5.41) is 17.4. The zero-order valence-corrected chi connectivity index (χ0v) is 20.8. The lowest BCUT2D eigenvalue weighted by Gasteiger charge is -2.18. The van der Waals surface area contributed by atoms with E-state index < -0.39 is 23.8 Å². The van der Waals surface area contributed by atoms with Gasteiger partial charge in [-0.2, -0.15) is 0 Å². The maximum Gasteiger partial charge on any atom is 0.274 e. The molecular formula is C28H23N3O6S. The highest BCUT2D eigenvalue weighted by Crippen LogP contribution is 2.32. The Balaban J connectivity index is 1.33. The first kappa shape index (κ1) is 25.0. The lowest BCUT2D eigenvalue weighted by molar-refractivity contribution is -0.123. The minimum atomic E-state index is -0.873. The molecule has 10 heteroatoms. The molecule has 192 valence electrons. The van der Waals surface area contributed by atoms with Crippen LogP contribution in [-0.4, -0.2) is 35.8 Å². The monoisotopic (exact) mass is 529 g/mol. The van der Waals surface area contributed by atoms with Crippen molar-refractivity contribution >= 4 is 50.9 Å². The third-order valence-electron chi connectivity index (χ3n) is 5.96. The number of rotatable bonds is 8. The van der Waals surface area contributed by atoms with Gasteiger partial charge in [-0.3, -0.25) is 19.6 Å². The summed E-state index contributed by atoms with van der Waals surface area (Å²) in [6.45, 7) is 0.161. The molecule has 38 heavy (non-hydrogen) atoms. The molecular weight excluding hydrogens is 506 g/mol. The van der Waals surface area contributed by atoms with Crippen LogP contribution in [0.3, 0.4) is 0 Å². The number of thiophene rings is 1. The van der Waals surface area contributed by atoms with Gasteiger partial charge in [0.2, 0.25) is 18.6 Å². The zero-order chi connectivity index (χ0) is 26.5. The molecule has 1 atom stereocenters. The highest BCUT2D eigenvalue weighted by molar-refractivity contribution is 7.17. The molecule has 0 aliphatic carbocycles. The second-order valence-corrected chi connectivity index (χ2v) is 9.39. The highest BCUT2D eigenvalue weighted by Gasteiger charge is 2.22. The molecule has 1 aliphatic heterocycles. The van der Waals surface area contributed by atoms with E-state index in [-0.39, 0.29) is 18.8 Å². The Morgan fingerprint density at radius 2 is 1.79 bits per heavy atom. The summed E-state index contributed by atoms with van der Waals surface area (Å²) in [5.41, 5.74) is 3.93. The summed E-state index contributed by atoms with van der Waals surface area (Å²) < 4.78 is 11.8. The van der Waals surface area contributed by atoms with Gasteiger partial charge in [-0.25, -0.2) is 5.48 Å². The van der Waals surface area contributed by atoms with Crippen LogP contribution < -0.4 is 25.6 Å². The van der Waals surface area contributed by atoms with E-state index in [1.807, 2.05) is 29.6 Å². The molecule has 0 radical (unpaired) electrons. The quantitative estimate of drug-likeness (QED) is 0.155. The molecule has 3 aromatic carbocycles. The van der Waals surface area contributed by atoms with Gasteiger partial charge < -0.3 is 20.1 Å². The molecule has 0 bridgehead atoms. The fraction of sp³-hybridized carbons (Fsp3) is 0.107. The fourth-order valence-corrected chi connectivity index (χ4v) is 5.00. The predicted octanol–water partition coefficient (Wildman–Crippen LogP) is 4.13. The van der Waals surface area contributed by atoms with E-state index in [1.165, 1.54) is 18.2 Å². The van der Waals surface area contributed by atoms with Gasteiger partial charge in [-0.15, -0.1) is 11.3 Å². The van der Waals surface area contributed by atoms with Gasteiger partial charge >= 0.3 is 0 Å².